The van der Waals surface area contributed by atoms with Gasteiger partial charge in [-0.25, -0.2) is 0 Å². The molecule has 8 heteroatoms. The van der Waals surface area contributed by atoms with Crippen LogP contribution < -0.4 is 5.32 Å². The number of nitrogens with zero attached hydrogens (tertiary/aromatic N) is 3. The van der Waals surface area contributed by atoms with Gasteiger partial charge in [0.2, 0.25) is 0 Å². The van der Waals surface area contributed by atoms with E-state index in [0.29, 0.717) is 22.5 Å². The third-order valence-electron chi connectivity index (χ3n) is 6.39. The molecule has 1 aromatic carbocycles. The first-order valence-corrected chi connectivity index (χ1v) is 11.4. The van der Waals surface area contributed by atoms with Gasteiger partial charge in [0, 0.05) is 18.3 Å². The third-order valence-corrected chi connectivity index (χ3v) is 6.72. The van der Waals surface area contributed by atoms with Gasteiger partial charge in [-0.15, -0.1) is 0 Å². The van der Waals surface area contributed by atoms with Gasteiger partial charge in [0.25, 0.3) is 5.69 Å². The number of aromatic nitrogens is 1. The Kier molecular flexibility index (Phi) is 5.61. The summed E-state index contributed by atoms with van der Waals surface area (Å²) in [7, 11) is 0. The molecule has 0 radical (unpaired) electrons. The van der Waals surface area contributed by atoms with Gasteiger partial charge in [0.05, 0.1) is 22.2 Å². The number of rotatable bonds is 5. The molecule has 1 N–H and O–H groups in total. The van der Waals surface area contributed by atoms with Gasteiger partial charge in [-0.2, -0.15) is 0 Å². The number of nitro benzene ring substituents is 1. The topological polar surface area (TPSA) is 84.4 Å². The van der Waals surface area contributed by atoms with Crippen molar-refractivity contribution in [2.45, 2.75) is 50.2 Å². The average molecular weight is 449 g/mol. The van der Waals surface area contributed by atoms with Gasteiger partial charge < -0.3 is 14.6 Å². The molecule has 1 saturated heterocycles. The van der Waals surface area contributed by atoms with Crippen LogP contribution in [0.3, 0.4) is 0 Å². The zero-order valence-electron chi connectivity index (χ0n) is 17.5. The number of nitrogens with one attached hydrogen (secondary N) is 1. The van der Waals surface area contributed by atoms with Crippen molar-refractivity contribution in [1.29, 1.82) is 0 Å². The maximum Gasteiger partial charge on any atom is 0.280 e. The van der Waals surface area contributed by atoms with Crippen molar-refractivity contribution >= 4 is 23.0 Å². The zero-order valence-corrected chi connectivity index (χ0v) is 18.3. The Hall–Kier alpha value is -3.26. The SMILES string of the molecule is O=[N+]([O-])c1ccccc1-c1ccc([C@@H]2[C@@H](c3ccccn3)NC(=S)N2C2CCCCC2)o1. The van der Waals surface area contributed by atoms with E-state index in [0.717, 1.165) is 24.3 Å². The third kappa shape index (κ3) is 3.75. The number of hydrogen-bond acceptors (Lipinski definition) is 5. The number of pyridine rings is 1. The first kappa shape index (κ1) is 20.6. The molecule has 32 heavy (non-hydrogen) atoms. The van der Waals surface area contributed by atoms with E-state index in [2.05, 4.69) is 15.2 Å². The van der Waals surface area contributed by atoms with Crippen molar-refractivity contribution < 1.29 is 9.34 Å². The Morgan fingerprint density at radius 3 is 2.59 bits per heavy atom. The van der Waals surface area contributed by atoms with Crippen LogP contribution in [0, 0.1) is 10.1 Å². The lowest BCUT2D eigenvalue weighted by Crippen LogP contribution is -2.40. The molecule has 1 saturated carbocycles. The molecule has 1 aliphatic carbocycles. The van der Waals surface area contributed by atoms with E-state index in [1.54, 1.807) is 24.4 Å². The summed E-state index contributed by atoms with van der Waals surface area (Å²) in [6.07, 6.45) is 7.58. The first-order chi connectivity index (χ1) is 15.6. The van der Waals surface area contributed by atoms with E-state index in [1.807, 2.05) is 30.3 Å². The van der Waals surface area contributed by atoms with Crippen LogP contribution >= 0.6 is 12.2 Å². The number of nitro groups is 1. The summed E-state index contributed by atoms with van der Waals surface area (Å²) in [6.45, 7) is 0. The van der Waals surface area contributed by atoms with Crippen LogP contribution in [-0.2, 0) is 0 Å². The summed E-state index contributed by atoms with van der Waals surface area (Å²) in [5.41, 5.74) is 1.39. The fourth-order valence-corrected chi connectivity index (χ4v) is 5.31. The van der Waals surface area contributed by atoms with E-state index < -0.39 is 0 Å². The molecule has 0 amide bonds. The van der Waals surface area contributed by atoms with Crippen LogP contribution in [0.5, 0.6) is 0 Å². The molecule has 0 spiro atoms. The summed E-state index contributed by atoms with van der Waals surface area (Å²) in [5, 5.41) is 15.7. The molecular weight excluding hydrogens is 424 g/mol. The lowest BCUT2D eigenvalue weighted by Gasteiger charge is -2.36. The van der Waals surface area contributed by atoms with Crippen LogP contribution in [0.2, 0.25) is 0 Å². The Morgan fingerprint density at radius 1 is 1.06 bits per heavy atom. The second-order valence-corrected chi connectivity index (χ2v) is 8.69. The first-order valence-electron chi connectivity index (χ1n) is 11.0. The molecule has 2 aliphatic rings. The van der Waals surface area contributed by atoms with Crippen LogP contribution in [0.15, 0.2) is 65.2 Å². The average Bonchev–Trinajstić information content (AvgIpc) is 3.44. The minimum atomic E-state index is -0.380. The molecule has 5 rings (SSSR count). The highest BCUT2D eigenvalue weighted by Crippen LogP contribution is 2.44. The van der Waals surface area contributed by atoms with Gasteiger partial charge in [-0.05, 0) is 55.4 Å². The van der Waals surface area contributed by atoms with Crippen molar-refractivity contribution in [2.24, 2.45) is 0 Å². The second kappa shape index (κ2) is 8.70. The Balaban J connectivity index is 1.56. The molecule has 2 aromatic heterocycles. The van der Waals surface area contributed by atoms with Gasteiger partial charge in [-0.1, -0.05) is 37.5 Å². The predicted molar refractivity (Wildman–Crippen MR) is 125 cm³/mol. The van der Waals surface area contributed by atoms with Gasteiger partial charge in [0.1, 0.15) is 17.6 Å². The number of thiocarbonyl (C=S) groups is 1. The van der Waals surface area contributed by atoms with Crippen LogP contribution in [-0.4, -0.2) is 26.0 Å². The van der Waals surface area contributed by atoms with Gasteiger partial charge in [0.15, 0.2) is 5.11 Å². The summed E-state index contributed by atoms with van der Waals surface area (Å²) in [4.78, 5) is 18.0. The fourth-order valence-electron chi connectivity index (χ4n) is 4.92. The van der Waals surface area contributed by atoms with Gasteiger partial charge in [-0.3, -0.25) is 15.1 Å². The maximum atomic E-state index is 11.5. The normalized spacial score (nSPS) is 21.5. The number of hydrogen-bond donors (Lipinski definition) is 1. The van der Waals surface area contributed by atoms with E-state index >= 15 is 0 Å². The molecule has 1 aliphatic heterocycles. The molecule has 0 unspecified atom stereocenters. The van der Waals surface area contributed by atoms with E-state index in [9.17, 15) is 10.1 Å². The minimum Gasteiger partial charge on any atom is -0.459 e. The molecule has 3 heterocycles. The lowest BCUT2D eigenvalue weighted by molar-refractivity contribution is -0.384. The summed E-state index contributed by atoms with van der Waals surface area (Å²) >= 11 is 5.79. The van der Waals surface area contributed by atoms with Crippen LogP contribution in [0.1, 0.15) is 55.6 Å². The van der Waals surface area contributed by atoms with Crippen LogP contribution in [0.4, 0.5) is 5.69 Å². The Bertz CT molecular complexity index is 1130. The molecule has 7 nitrogen and oxygen atoms in total. The summed E-state index contributed by atoms with van der Waals surface area (Å²) in [5.74, 6) is 1.21. The van der Waals surface area contributed by atoms with E-state index in [-0.39, 0.29) is 22.7 Å². The Morgan fingerprint density at radius 2 is 1.84 bits per heavy atom. The predicted octanol–water partition coefficient (Wildman–Crippen LogP) is 5.56. The number of para-hydroxylation sites is 1. The number of furan rings is 1. The quantitative estimate of drug-likeness (QED) is 0.311. The second-order valence-electron chi connectivity index (χ2n) is 8.30. The standard InChI is InChI=1S/C24H24N4O3S/c29-28(30)19-12-5-4-10-17(19)20-13-14-21(31-20)23-22(18-11-6-7-15-25-18)26-24(32)27(23)16-8-2-1-3-9-16/h4-7,10-16,22-23H,1-3,8-9H2,(H,26,32)/t22-,23-/m1/s1. The van der Waals surface area contributed by atoms with Crippen molar-refractivity contribution in [3.05, 3.63) is 82.4 Å². The van der Waals surface area contributed by atoms with Crippen molar-refractivity contribution in [2.75, 3.05) is 0 Å². The summed E-state index contributed by atoms with van der Waals surface area (Å²) < 4.78 is 6.29. The number of benzene rings is 1. The Labute approximate surface area is 191 Å². The molecule has 0 bridgehead atoms. The molecule has 164 valence electrons. The minimum absolute atomic E-state index is 0.0267. The van der Waals surface area contributed by atoms with E-state index in [1.165, 1.54) is 25.3 Å². The van der Waals surface area contributed by atoms with Crippen molar-refractivity contribution in [3.8, 4) is 11.3 Å². The smallest absolute Gasteiger partial charge is 0.280 e. The molecule has 2 fully saturated rings. The fraction of sp³-hybridized carbons (Fsp3) is 0.333. The highest BCUT2D eigenvalue weighted by molar-refractivity contribution is 7.80. The lowest BCUT2D eigenvalue weighted by atomic mass is 9.92. The van der Waals surface area contributed by atoms with Crippen molar-refractivity contribution in [1.82, 2.24) is 15.2 Å². The highest BCUT2D eigenvalue weighted by atomic mass is 32.1. The largest absolute Gasteiger partial charge is 0.459 e. The van der Waals surface area contributed by atoms with Crippen molar-refractivity contribution in [3.63, 3.8) is 0 Å². The molecule has 2 atom stereocenters. The monoisotopic (exact) mass is 448 g/mol. The van der Waals surface area contributed by atoms with E-state index in [4.69, 9.17) is 16.6 Å². The molecular formula is C24H24N4O3S. The zero-order chi connectivity index (χ0) is 22.1. The van der Waals surface area contributed by atoms with Crippen LogP contribution in [0.25, 0.3) is 11.3 Å². The maximum absolute atomic E-state index is 11.5. The summed E-state index contributed by atoms with van der Waals surface area (Å²) in [6, 6.07) is 16.2. The van der Waals surface area contributed by atoms with Gasteiger partial charge >= 0.3 is 0 Å². The molecule has 3 aromatic rings. The highest BCUT2D eigenvalue weighted by Gasteiger charge is 2.44.